The molecule has 0 aliphatic carbocycles. The lowest BCUT2D eigenvalue weighted by Crippen LogP contribution is -2.25. The first-order valence-corrected chi connectivity index (χ1v) is 5.61. The first kappa shape index (κ1) is 12.8. The van der Waals surface area contributed by atoms with Gasteiger partial charge in [0.25, 0.3) is 0 Å². The second-order valence-corrected chi connectivity index (χ2v) is 3.98. The summed E-state index contributed by atoms with van der Waals surface area (Å²) in [6, 6.07) is 5.73. The number of halogens is 1. The van der Waals surface area contributed by atoms with Crippen molar-refractivity contribution in [3.63, 3.8) is 0 Å². The topological polar surface area (TPSA) is 47.6 Å². The predicted molar refractivity (Wildman–Crippen MR) is 64.8 cm³/mol. The Hall–Kier alpha value is -1.23. The maximum atomic E-state index is 10.8. The van der Waals surface area contributed by atoms with Gasteiger partial charge >= 0.3 is 6.09 Å². The largest absolute Gasteiger partial charge is 0.497 e. The zero-order chi connectivity index (χ0) is 12.0. The fraction of sp³-hybridized carbons (Fsp3) is 0.364. The number of methoxy groups -OCH3 is 2. The third-order valence-corrected chi connectivity index (χ3v) is 2.88. The molecular formula is C11H14BrNO3. The van der Waals surface area contributed by atoms with Crippen LogP contribution in [-0.2, 0) is 11.2 Å². The summed E-state index contributed by atoms with van der Waals surface area (Å²) >= 11 is 3.44. The van der Waals surface area contributed by atoms with E-state index in [1.165, 1.54) is 7.11 Å². The van der Waals surface area contributed by atoms with Crippen LogP contribution in [-0.4, -0.2) is 26.9 Å². The smallest absolute Gasteiger partial charge is 0.406 e. The summed E-state index contributed by atoms with van der Waals surface area (Å²) < 4.78 is 10.6. The average molecular weight is 288 g/mol. The minimum atomic E-state index is -0.418. The number of ether oxygens (including phenoxy) is 2. The summed E-state index contributed by atoms with van der Waals surface area (Å²) in [5, 5.41) is 2.62. The van der Waals surface area contributed by atoms with Gasteiger partial charge in [0, 0.05) is 11.0 Å². The van der Waals surface area contributed by atoms with Crippen molar-refractivity contribution in [1.29, 1.82) is 0 Å². The predicted octanol–water partition coefficient (Wildman–Crippen LogP) is 2.36. The molecule has 88 valence electrons. The molecule has 0 aromatic heterocycles. The molecule has 0 atom stereocenters. The molecule has 0 aliphatic heterocycles. The van der Waals surface area contributed by atoms with Crippen molar-refractivity contribution in [2.45, 2.75) is 6.42 Å². The van der Waals surface area contributed by atoms with Crippen LogP contribution in [0.5, 0.6) is 5.75 Å². The highest BCUT2D eigenvalue weighted by atomic mass is 79.9. The number of alkyl carbamates (subject to hydrolysis) is 1. The Morgan fingerprint density at radius 1 is 1.44 bits per heavy atom. The number of nitrogens with one attached hydrogen (secondary N) is 1. The van der Waals surface area contributed by atoms with Crippen molar-refractivity contribution in [2.24, 2.45) is 0 Å². The second kappa shape index (κ2) is 6.37. The van der Waals surface area contributed by atoms with E-state index in [0.717, 1.165) is 15.8 Å². The summed E-state index contributed by atoms with van der Waals surface area (Å²) in [7, 11) is 2.97. The highest BCUT2D eigenvalue weighted by Gasteiger charge is 2.03. The van der Waals surface area contributed by atoms with Crippen LogP contribution in [0.4, 0.5) is 4.79 Å². The molecule has 0 saturated heterocycles. The molecule has 16 heavy (non-hydrogen) atoms. The summed E-state index contributed by atoms with van der Waals surface area (Å²) in [4.78, 5) is 10.8. The number of benzene rings is 1. The van der Waals surface area contributed by atoms with Gasteiger partial charge < -0.3 is 14.8 Å². The molecule has 0 radical (unpaired) electrons. The maximum Gasteiger partial charge on any atom is 0.406 e. The van der Waals surface area contributed by atoms with Crippen molar-refractivity contribution in [2.75, 3.05) is 20.8 Å². The molecule has 1 amide bonds. The van der Waals surface area contributed by atoms with Gasteiger partial charge in [0.1, 0.15) is 5.75 Å². The van der Waals surface area contributed by atoms with Crippen LogP contribution >= 0.6 is 15.9 Å². The van der Waals surface area contributed by atoms with Gasteiger partial charge in [-0.2, -0.15) is 0 Å². The third-order valence-electron chi connectivity index (χ3n) is 2.10. The van der Waals surface area contributed by atoms with E-state index in [-0.39, 0.29) is 0 Å². The Kier molecular flexibility index (Phi) is 5.11. The lowest BCUT2D eigenvalue weighted by molar-refractivity contribution is 0.171. The Morgan fingerprint density at radius 3 is 2.81 bits per heavy atom. The van der Waals surface area contributed by atoms with Gasteiger partial charge in [-0.3, -0.25) is 0 Å². The second-order valence-electron chi connectivity index (χ2n) is 3.13. The number of rotatable bonds is 4. The van der Waals surface area contributed by atoms with Gasteiger partial charge in [-0.15, -0.1) is 0 Å². The number of hydrogen-bond donors (Lipinski definition) is 1. The lowest BCUT2D eigenvalue weighted by atomic mass is 10.1. The van der Waals surface area contributed by atoms with Crippen LogP contribution in [0.2, 0.25) is 0 Å². The third kappa shape index (κ3) is 3.73. The van der Waals surface area contributed by atoms with Gasteiger partial charge in [0.2, 0.25) is 0 Å². The van der Waals surface area contributed by atoms with E-state index < -0.39 is 6.09 Å². The summed E-state index contributed by atoms with van der Waals surface area (Å²) in [5.41, 5.74) is 1.08. The molecule has 0 unspecified atom stereocenters. The normalized spacial score (nSPS) is 9.69. The van der Waals surface area contributed by atoms with Crippen LogP contribution in [0, 0.1) is 0 Å². The van der Waals surface area contributed by atoms with E-state index in [1.807, 2.05) is 18.2 Å². The number of amides is 1. The highest BCUT2D eigenvalue weighted by Crippen LogP contribution is 2.22. The van der Waals surface area contributed by atoms with E-state index >= 15 is 0 Å². The summed E-state index contributed by atoms with van der Waals surface area (Å²) in [6.45, 7) is 0.526. The van der Waals surface area contributed by atoms with Crippen LogP contribution in [0.1, 0.15) is 5.56 Å². The minimum absolute atomic E-state index is 0.418. The first-order chi connectivity index (χ1) is 7.67. The molecule has 5 heteroatoms. The van der Waals surface area contributed by atoms with Crippen LogP contribution < -0.4 is 10.1 Å². The quantitative estimate of drug-likeness (QED) is 0.925. The van der Waals surface area contributed by atoms with Crippen molar-refractivity contribution >= 4 is 22.0 Å². The maximum absolute atomic E-state index is 10.8. The monoisotopic (exact) mass is 287 g/mol. The Bertz CT molecular complexity index is 368. The molecule has 1 aromatic rings. The van der Waals surface area contributed by atoms with E-state index in [9.17, 15) is 4.79 Å². The SMILES string of the molecule is COC(=O)NCCc1cc(OC)ccc1Br. The highest BCUT2D eigenvalue weighted by molar-refractivity contribution is 9.10. The number of carbonyl (C=O) groups is 1. The number of hydrogen-bond acceptors (Lipinski definition) is 3. The Balaban J connectivity index is 2.55. The molecule has 1 rings (SSSR count). The summed E-state index contributed by atoms with van der Waals surface area (Å²) in [6.07, 6.45) is 0.298. The van der Waals surface area contributed by atoms with Gasteiger partial charge in [-0.1, -0.05) is 15.9 Å². The molecule has 0 spiro atoms. The van der Waals surface area contributed by atoms with Crippen LogP contribution in [0.3, 0.4) is 0 Å². The molecule has 4 nitrogen and oxygen atoms in total. The molecular weight excluding hydrogens is 274 g/mol. The fourth-order valence-electron chi connectivity index (χ4n) is 1.24. The lowest BCUT2D eigenvalue weighted by Gasteiger charge is -2.08. The van der Waals surface area contributed by atoms with Gasteiger partial charge in [0.05, 0.1) is 14.2 Å². The van der Waals surface area contributed by atoms with Gasteiger partial charge in [0.15, 0.2) is 0 Å². The van der Waals surface area contributed by atoms with Gasteiger partial charge in [-0.05, 0) is 30.2 Å². The fourth-order valence-corrected chi connectivity index (χ4v) is 1.69. The molecule has 0 heterocycles. The number of carbonyl (C=O) groups excluding carboxylic acids is 1. The van der Waals surface area contributed by atoms with E-state index in [0.29, 0.717) is 13.0 Å². The van der Waals surface area contributed by atoms with Gasteiger partial charge in [-0.25, -0.2) is 4.79 Å². The van der Waals surface area contributed by atoms with Crippen LogP contribution in [0.15, 0.2) is 22.7 Å². The standard InChI is InChI=1S/C11H14BrNO3/c1-15-9-3-4-10(12)8(7-9)5-6-13-11(14)16-2/h3-4,7H,5-6H2,1-2H3,(H,13,14). The Labute approximate surface area is 103 Å². The molecule has 0 aliphatic rings. The molecule has 1 aromatic carbocycles. The Morgan fingerprint density at radius 2 is 2.19 bits per heavy atom. The van der Waals surface area contributed by atoms with Crippen molar-refractivity contribution in [3.8, 4) is 5.75 Å². The van der Waals surface area contributed by atoms with Crippen molar-refractivity contribution in [3.05, 3.63) is 28.2 Å². The average Bonchev–Trinajstić information content (AvgIpc) is 2.31. The zero-order valence-corrected chi connectivity index (χ0v) is 10.8. The van der Waals surface area contributed by atoms with Crippen molar-refractivity contribution in [1.82, 2.24) is 5.32 Å². The first-order valence-electron chi connectivity index (χ1n) is 4.81. The van der Waals surface area contributed by atoms with Crippen LogP contribution in [0.25, 0.3) is 0 Å². The minimum Gasteiger partial charge on any atom is -0.497 e. The molecule has 0 bridgehead atoms. The molecule has 0 fully saturated rings. The zero-order valence-electron chi connectivity index (χ0n) is 9.25. The summed E-state index contributed by atoms with van der Waals surface area (Å²) in [5.74, 6) is 0.802. The van der Waals surface area contributed by atoms with E-state index in [4.69, 9.17) is 4.74 Å². The van der Waals surface area contributed by atoms with E-state index in [1.54, 1.807) is 7.11 Å². The van der Waals surface area contributed by atoms with E-state index in [2.05, 4.69) is 26.0 Å². The molecule has 0 saturated carbocycles. The van der Waals surface area contributed by atoms with Crippen molar-refractivity contribution < 1.29 is 14.3 Å². The molecule has 1 N–H and O–H groups in total.